The minimum Gasteiger partial charge on any atom is -0.264 e. The van der Waals surface area contributed by atoms with Gasteiger partial charge in [-0.05, 0) is 18.2 Å². The van der Waals surface area contributed by atoms with E-state index in [1.165, 1.54) is 26.4 Å². The van der Waals surface area contributed by atoms with Crippen molar-refractivity contribution in [2.75, 3.05) is 0 Å². The third-order valence-electron chi connectivity index (χ3n) is 3.65. The van der Waals surface area contributed by atoms with Crippen LogP contribution in [0.1, 0.15) is 5.56 Å². The number of nitrogens with zero attached hydrogens (tertiary/aromatic N) is 4. The van der Waals surface area contributed by atoms with Crippen LogP contribution in [0.3, 0.4) is 0 Å². The molecule has 5 heterocycles. The van der Waals surface area contributed by atoms with Gasteiger partial charge in [0.15, 0.2) is 12.0 Å². The molecule has 19 heavy (non-hydrogen) atoms. The summed E-state index contributed by atoms with van der Waals surface area (Å²) < 4.78 is 5.70. The number of hydrogen-bond donors (Lipinski definition) is 0. The second-order valence-electron chi connectivity index (χ2n) is 4.73. The molecule has 5 rings (SSSR count). The maximum Gasteiger partial charge on any atom is 0.285 e. The lowest BCUT2D eigenvalue weighted by molar-refractivity contribution is -0.480. The fourth-order valence-corrected chi connectivity index (χ4v) is 3.99. The third-order valence-corrected chi connectivity index (χ3v) is 4.77. The standard InChI is InChI=1S/C14H9N4S/c1-2-11-13(16-4-1)18-8-17-7-9-6-15-5-3-10(9)12(17)14(18)19-11/h1-6,8H,7H2/q+1. The van der Waals surface area contributed by atoms with E-state index in [4.69, 9.17) is 0 Å². The summed E-state index contributed by atoms with van der Waals surface area (Å²) in [6, 6.07) is 6.22. The lowest BCUT2D eigenvalue weighted by Crippen LogP contribution is -2.17. The van der Waals surface area contributed by atoms with E-state index in [0.29, 0.717) is 0 Å². The number of aromatic nitrogens is 4. The van der Waals surface area contributed by atoms with Gasteiger partial charge in [0.2, 0.25) is 4.83 Å². The zero-order valence-electron chi connectivity index (χ0n) is 9.95. The molecule has 0 saturated heterocycles. The highest BCUT2D eigenvalue weighted by Gasteiger charge is 2.29. The lowest BCUT2D eigenvalue weighted by atomic mass is 10.1. The molecule has 0 amide bonds. The van der Waals surface area contributed by atoms with Crippen molar-refractivity contribution in [2.24, 2.45) is 0 Å². The van der Waals surface area contributed by atoms with Crippen molar-refractivity contribution in [3.63, 3.8) is 0 Å². The molecule has 0 bridgehead atoms. The van der Waals surface area contributed by atoms with Gasteiger partial charge in [0.1, 0.15) is 10.9 Å². The molecule has 0 unspecified atom stereocenters. The molecular formula is C14H9N4S+. The van der Waals surface area contributed by atoms with E-state index in [1.54, 1.807) is 11.3 Å². The number of fused-ring (bicyclic) bond motifs is 7. The Hall–Kier alpha value is -2.27. The van der Waals surface area contributed by atoms with E-state index in [1.807, 2.05) is 24.7 Å². The van der Waals surface area contributed by atoms with E-state index in [0.717, 1.165) is 12.2 Å². The summed E-state index contributed by atoms with van der Waals surface area (Å²) in [4.78, 5) is 9.96. The van der Waals surface area contributed by atoms with Crippen molar-refractivity contribution in [1.29, 1.82) is 0 Å². The van der Waals surface area contributed by atoms with Gasteiger partial charge in [0, 0.05) is 23.5 Å². The predicted molar refractivity (Wildman–Crippen MR) is 73.1 cm³/mol. The third kappa shape index (κ3) is 1.11. The van der Waals surface area contributed by atoms with Gasteiger partial charge in [-0.15, -0.1) is 4.98 Å². The molecule has 0 N–H and O–H groups in total. The fourth-order valence-electron chi connectivity index (χ4n) is 2.84. The molecule has 0 radical (unpaired) electrons. The number of rotatable bonds is 0. The molecule has 4 aromatic heterocycles. The van der Waals surface area contributed by atoms with Crippen molar-refractivity contribution in [2.45, 2.75) is 6.54 Å². The van der Waals surface area contributed by atoms with Crippen LogP contribution in [0.5, 0.6) is 0 Å². The number of pyridine rings is 2. The Kier molecular flexibility index (Phi) is 1.62. The first kappa shape index (κ1) is 9.63. The van der Waals surface area contributed by atoms with Crippen LogP contribution in [0.4, 0.5) is 0 Å². The summed E-state index contributed by atoms with van der Waals surface area (Å²) in [5, 5.41) is 0. The van der Waals surface area contributed by atoms with Gasteiger partial charge in [0.05, 0.1) is 6.54 Å². The first-order valence-electron chi connectivity index (χ1n) is 6.13. The van der Waals surface area contributed by atoms with Gasteiger partial charge in [0.25, 0.3) is 5.65 Å². The molecule has 4 aromatic rings. The number of thiazole rings is 1. The molecule has 0 spiro atoms. The van der Waals surface area contributed by atoms with Crippen LogP contribution in [0.15, 0.2) is 43.1 Å². The van der Waals surface area contributed by atoms with Crippen LogP contribution in [0, 0.1) is 0 Å². The van der Waals surface area contributed by atoms with E-state index in [-0.39, 0.29) is 0 Å². The lowest BCUT2D eigenvalue weighted by Gasteiger charge is -1.92. The Morgan fingerprint density at radius 3 is 3.26 bits per heavy atom. The Labute approximate surface area is 112 Å². The molecule has 0 atom stereocenters. The summed E-state index contributed by atoms with van der Waals surface area (Å²) >= 11 is 1.80. The van der Waals surface area contributed by atoms with Gasteiger partial charge < -0.3 is 0 Å². The van der Waals surface area contributed by atoms with Crippen molar-refractivity contribution < 1.29 is 4.40 Å². The summed E-state index contributed by atoms with van der Waals surface area (Å²) in [5.41, 5.74) is 4.93. The van der Waals surface area contributed by atoms with E-state index >= 15 is 0 Å². The SMILES string of the molecule is c1cnc2c(c1)sc1c3n(c[n+]12)Cc1cnccc1-3. The molecule has 90 valence electrons. The molecule has 5 heteroatoms. The van der Waals surface area contributed by atoms with Crippen LogP contribution in [-0.4, -0.2) is 14.5 Å². The molecule has 1 aliphatic heterocycles. The molecule has 1 aliphatic rings. The Balaban J connectivity index is 1.97. The Bertz CT molecular complexity index is 951. The zero-order valence-corrected chi connectivity index (χ0v) is 10.8. The van der Waals surface area contributed by atoms with Gasteiger partial charge in [-0.25, -0.2) is 0 Å². The summed E-state index contributed by atoms with van der Waals surface area (Å²) in [5.74, 6) is 0. The first-order valence-corrected chi connectivity index (χ1v) is 6.95. The molecule has 0 fully saturated rings. The zero-order chi connectivity index (χ0) is 12.4. The molecule has 0 saturated carbocycles. The highest BCUT2D eigenvalue weighted by Crippen LogP contribution is 2.36. The van der Waals surface area contributed by atoms with Crippen LogP contribution in [0.2, 0.25) is 0 Å². The fraction of sp³-hybridized carbons (Fsp3) is 0.0714. The van der Waals surface area contributed by atoms with Crippen LogP contribution >= 0.6 is 11.3 Å². The molecular weight excluding hydrogens is 256 g/mol. The topological polar surface area (TPSA) is 34.8 Å². The largest absolute Gasteiger partial charge is 0.285 e. The van der Waals surface area contributed by atoms with Crippen LogP contribution < -0.4 is 4.40 Å². The predicted octanol–water partition coefficient (Wildman–Crippen LogP) is 2.26. The molecule has 0 aliphatic carbocycles. The normalized spacial score (nSPS) is 13.1. The van der Waals surface area contributed by atoms with Gasteiger partial charge in [-0.1, -0.05) is 11.3 Å². The van der Waals surface area contributed by atoms with Crippen LogP contribution in [-0.2, 0) is 6.54 Å². The smallest absolute Gasteiger partial charge is 0.264 e. The highest BCUT2D eigenvalue weighted by atomic mass is 32.1. The summed E-state index contributed by atoms with van der Waals surface area (Å²) in [6.45, 7) is 0.904. The van der Waals surface area contributed by atoms with E-state index in [9.17, 15) is 0 Å². The minimum atomic E-state index is 0.904. The number of imidazole rings is 1. The quantitative estimate of drug-likeness (QED) is 0.403. The Morgan fingerprint density at radius 2 is 2.26 bits per heavy atom. The average molecular weight is 265 g/mol. The average Bonchev–Trinajstić information content (AvgIpc) is 3.05. The van der Waals surface area contributed by atoms with Crippen molar-refractivity contribution in [3.8, 4) is 11.3 Å². The molecule has 0 aromatic carbocycles. The molecule has 4 nitrogen and oxygen atoms in total. The Morgan fingerprint density at radius 1 is 1.26 bits per heavy atom. The van der Waals surface area contributed by atoms with E-state index in [2.05, 4.69) is 37.4 Å². The minimum absolute atomic E-state index is 0.904. The maximum atomic E-state index is 4.49. The first-order chi connectivity index (χ1) is 9.42. The van der Waals surface area contributed by atoms with Gasteiger partial charge in [-0.3, -0.25) is 9.55 Å². The number of hydrogen-bond acceptors (Lipinski definition) is 3. The van der Waals surface area contributed by atoms with Crippen molar-refractivity contribution in [1.82, 2.24) is 14.5 Å². The van der Waals surface area contributed by atoms with Gasteiger partial charge in [-0.2, -0.15) is 4.40 Å². The van der Waals surface area contributed by atoms with E-state index < -0.39 is 0 Å². The maximum absolute atomic E-state index is 4.49. The van der Waals surface area contributed by atoms with Gasteiger partial charge >= 0.3 is 0 Å². The van der Waals surface area contributed by atoms with Crippen LogP contribution in [0.25, 0.3) is 26.4 Å². The second-order valence-corrected chi connectivity index (χ2v) is 5.76. The highest BCUT2D eigenvalue weighted by molar-refractivity contribution is 7.23. The van der Waals surface area contributed by atoms with Crippen molar-refractivity contribution >= 4 is 26.5 Å². The van der Waals surface area contributed by atoms with Crippen molar-refractivity contribution in [3.05, 3.63) is 48.7 Å². The summed E-state index contributed by atoms with van der Waals surface area (Å²) in [6.07, 6.45) is 7.83. The second kappa shape index (κ2) is 3.19. The summed E-state index contributed by atoms with van der Waals surface area (Å²) in [7, 11) is 0. The monoisotopic (exact) mass is 265 g/mol.